The summed E-state index contributed by atoms with van der Waals surface area (Å²) in [5, 5.41) is 0. The van der Waals surface area contributed by atoms with Crippen molar-refractivity contribution >= 4 is 45.2 Å². The molecule has 0 aliphatic heterocycles. The summed E-state index contributed by atoms with van der Waals surface area (Å²) in [6, 6.07) is 0. The predicted molar refractivity (Wildman–Crippen MR) is 68.4 cm³/mol. The van der Waals surface area contributed by atoms with Gasteiger partial charge in [-0.15, -0.1) is 0 Å². The lowest BCUT2D eigenvalue weighted by atomic mass is 9.88. The van der Waals surface area contributed by atoms with Crippen molar-refractivity contribution < 1.29 is 0 Å². The van der Waals surface area contributed by atoms with E-state index < -0.39 is 0 Å². The van der Waals surface area contributed by atoms with Crippen LogP contribution in [0, 0.1) is 7.14 Å². The molecule has 1 rings (SSSR count). The maximum absolute atomic E-state index is 4.14. The van der Waals surface area contributed by atoms with Gasteiger partial charge in [-0.3, -0.25) is 4.98 Å². The molecule has 1 nitrogen and oxygen atoms in total. The first-order valence-corrected chi connectivity index (χ1v) is 5.88. The lowest BCUT2D eigenvalue weighted by molar-refractivity contribution is 0.582. The number of nitrogens with zero attached hydrogens (tertiary/aromatic N) is 1. The summed E-state index contributed by atoms with van der Waals surface area (Å²) >= 11 is 4.69. The highest BCUT2D eigenvalue weighted by Crippen LogP contribution is 2.30. The molecule has 0 aromatic carbocycles. The highest BCUT2D eigenvalue weighted by Gasteiger charge is 2.19. The Hall–Kier alpha value is 0.610. The Labute approximate surface area is 101 Å². The molecule has 0 amide bonds. The molecule has 0 saturated heterocycles. The van der Waals surface area contributed by atoms with Gasteiger partial charge in [-0.25, -0.2) is 0 Å². The highest BCUT2D eigenvalue weighted by atomic mass is 127. The van der Waals surface area contributed by atoms with Crippen LogP contribution < -0.4 is 0 Å². The van der Waals surface area contributed by atoms with Crippen LogP contribution >= 0.6 is 45.2 Å². The van der Waals surface area contributed by atoms with Gasteiger partial charge in [-0.1, -0.05) is 20.8 Å². The molecule has 0 aliphatic carbocycles. The summed E-state index contributed by atoms with van der Waals surface area (Å²) < 4.78 is 2.51. The van der Waals surface area contributed by atoms with E-state index in [1.165, 1.54) is 12.7 Å². The molecule has 1 heterocycles. The third-order valence-electron chi connectivity index (χ3n) is 1.60. The first kappa shape index (κ1) is 10.7. The average Bonchev–Trinajstić information content (AvgIpc) is 1.82. The van der Waals surface area contributed by atoms with E-state index in [0.29, 0.717) is 0 Å². The number of hydrogen-bond acceptors (Lipinski definition) is 1. The zero-order chi connectivity index (χ0) is 9.35. The molecule has 0 spiro atoms. The van der Waals surface area contributed by atoms with Gasteiger partial charge in [-0.2, -0.15) is 0 Å². The molecular weight excluding hydrogens is 376 g/mol. The second-order valence-electron chi connectivity index (χ2n) is 3.73. The van der Waals surface area contributed by atoms with Crippen LogP contribution in [-0.2, 0) is 5.41 Å². The molecular formula is C9H11I2N. The van der Waals surface area contributed by atoms with Gasteiger partial charge in [0.25, 0.3) is 0 Å². The minimum Gasteiger partial charge on any atom is -0.263 e. The second kappa shape index (κ2) is 3.77. The predicted octanol–water partition coefficient (Wildman–Crippen LogP) is 3.59. The van der Waals surface area contributed by atoms with E-state index in [9.17, 15) is 0 Å². The molecule has 0 radical (unpaired) electrons. The van der Waals surface area contributed by atoms with E-state index in [2.05, 4.69) is 70.9 Å². The van der Waals surface area contributed by atoms with E-state index in [0.717, 1.165) is 0 Å². The molecule has 0 bridgehead atoms. The molecule has 1 aromatic rings. The summed E-state index contributed by atoms with van der Waals surface area (Å²) in [5.41, 5.74) is 1.62. The van der Waals surface area contributed by atoms with Crippen LogP contribution in [0.2, 0.25) is 0 Å². The van der Waals surface area contributed by atoms with Crippen LogP contribution in [0.25, 0.3) is 0 Å². The fourth-order valence-electron chi connectivity index (χ4n) is 1.13. The number of hydrogen-bond donors (Lipinski definition) is 0. The van der Waals surface area contributed by atoms with Gasteiger partial charge in [0.2, 0.25) is 0 Å². The van der Waals surface area contributed by atoms with Crippen molar-refractivity contribution in [2.45, 2.75) is 26.2 Å². The molecule has 3 heteroatoms. The molecule has 0 atom stereocenters. The minimum absolute atomic E-state index is 0.218. The van der Waals surface area contributed by atoms with E-state index in [4.69, 9.17) is 0 Å². The fourth-order valence-corrected chi connectivity index (χ4v) is 4.16. The normalized spacial score (nSPS) is 11.8. The third-order valence-corrected chi connectivity index (χ3v) is 3.24. The first-order valence-electron chi connectivity index (χ1n) is 3.72. The maximum atomic E-state index is 4.14. The van der Waals surface area contributed by atoms with Gasteiger partial charge in [0.05, 0.1) is 0 Å². The fraction of sp³-hybridized carbons (Fsp3) is 0.444. The van der Waals surface area contributed by atoms with Gasteiger partial charge in [0.15, 0.2) is 0 Å². The maximum Gasteiger partial charge on any atom is 0.0405 e. The summed E-state index contributed by atoms with van der Waals surface area (Å²) in [7, 11) is 0. The van der Waals surface area contributed by atoms with Gasteiger partial charge in [-0.05, 0) is 56.2 Å². The second-order valence-corrected chi connectivity index (χ2v) is 6.05. The lowest BCUT2D eigenvalue weighted by Crippen LogP contribution is -2.15. The van der Waals surface area contributed by atoms with Crippen molar-refractivity contribution in [2.75, 3.05) is 0 Å². The van der Waals surface area contributed by atoms with Crippen LogP contribution in [0.15, 0.2) is 12.4 Å². The van der Waals surface area contributed by atoms with Crippen molar-refractivity contribution in [3.63, 3.8) is 0 Å². The Morgan fingerprint density at radius 1 is 1.08 bits per heavy atom. The van der Waals surface area contributed by atoms with E-state index in [-0.39, 0.29) is 5.41 Å². The largest absolute Gasteiger partial charge is 0.263 e. The Bertz CT molecular complexity index is 269. The minimum atomic E-state index is 0.218. The summed E-state index contributed by atoms with van der Waals surface area (Å²) in [6.07, 6.45) is 3.84. The third kappa shape index (κ3) is 2.31. The van der Waals surface area contributed by atoms with Crippen molar-refractivity contribution in [2.24, 2.45) is 0 Å². The first-order chi connectivity index (χ1) is 5.43. The number of pyridine rings is 1. The van der Waals surface area contributed by atoms with E-state index in [1.54, 1.807) is 0 Å². The molecule has 66 valence electrons. The van der Waals surface area contributed by atoms with Gasteiger partial charge in [0, 0.05) is 19.5 Å². The standard InChI is InChI=1S/C9H11I2N/c1-9(2,3)8-6(10)4-12-5-7(8)11/h4-5H,1-3H3. The zero-order valence-corrected chi connectivity index (χ0v) is 11.7. The summed E-state index contributed by atoms with van der Waals surface area (Å²) in [5.74, 6) is 0. The molecule has 1 aromatic heterocycles. The molecule has 0 N–H and O–H groups in total. The average molecular weight is 387 g/mol. The SMILES string of the molecule is CC(C)(C)c1c(I)cncc1I. The van der Waals surface area contributed by atoms with Crippen molar-refractivity contribution in [3.05, 3.63) is 25.1 Å². The van der Waals surface area contributed by atoms with Crippen molar-refractivity contribution in [3.8, 4) is 0 Å². The highest BCUT2D eigenvalue weighted by molar-refractivity contribution is 14.1. The molecule has 0 unspecified atom stereocenters. The van der Waals surface area contributed by atoms with Crippen molar-refractivity contribution in [1.29, 1.82) is 0 Å². The topological polar surface area (TPSA) is 12.9 Å². The summed E-state index contributed by atoms with van der Waals surface area (Å²) in [6.45, 7) is 6.69. The van der Waals surface area contributed by atoms with Crippen LogP contribution in [-0.4, -0.2) is 4.98 Å². The van der Waals surface area contributed by atoms with Gasteiger partial charge in [0.1, 0.15) is 0 Å². The van der Waals surface area contributed by atoms with Crippen LogP contribution in [0.4, 0.5) is 0 Å². The Morgan fingerprint density at radius 2 is 1.50 bits per heavy atom. The quantitative estimate of drug-likeness (QED) is 0.621. The van der Waals surface area contributed by atoms with Crippen LogP contribution in [0.5, 0.6) is 0 Å². The number of rotatable bonds is 0. The molecule has 12 heavy (non-hydrogen) atoms. The number of halogens is 2. The monoisotopic (exact) mass is 387 g/mol. The smallest absolute Gasteiger partial charge is 0.0405 e. The van der Waals surface area contributed by atoms with E-state index in [1.807, 2.05) is 12.4 Å². The Kier molecular flexibility index (Phi) is 3.36. The lowest BCUT2D eigenvalue weighted by Gasteiger charge is -2.21. The molecule has 0 aliphatic rings. The van der Waals surface area contributed by atoms with Crippen molar-refractivity contribution in [1.82, 2.24) is 4.98 Å². The van der Waals surface area contributed by atoms with E-state index >= 15 is 0 Å². The van der Waals surface area contributed by atoms with Crippen LogP contribution in [0.3, 0.4) is 0 Å². The Morgan fingerprint density at radius 3 is 1.75 bits per heavy atom. The molecule has 0 fully saturated rings. The van der Waals surface area contributed by atoms with Crippen LogP contribution in [0.1, 0.15) is 26.3 Å². The number of aromatic nitrogens is 1. The van der Waals surface area contributed by atoms with Gasteiger partial charge < -0.3 is 0 Å². The molecule has 0 saturated carbocycles. The zero-order valence-electron chi connectivity index (χ0n) is 7.36. The Balaban J connectivity index is 3.31. The van der Waals surface area contributed by atoms with Gasteiger partial charge >= 0.3 is 0 Å². The summed E-state index contributed by atoms with van der Waals surface area (Å²) in [4.78, 5) is 4.14.